The molecule has 0 aliphatic heterocycles. The Morgan fingerprint density at radius 1 is 1.23 bits per heavy atom. The van der Waals surface area contributed by atoms with E-state index in [-0.39, 0.29) is 24.0 Å². The normalized spacial score (nSPS) is 11.1. The van der Waals surface area contributed by atoms with E-state index in [0.717, 1.165) is 34.6 Å². The molecule has 0 amide bonds. The molecule has 0 aliphatic rings. The molecule has 2 heterocycles. The van der Waals surface area contributed by atoms with Crippen LogP contribution in [0.1, 0.15) is 18.4 Å². The van der Waals surface area contributed by atoms with E-state index in [4.69, 9.17) is 0 Å². The lowest BCUT2D eigenvalue weighted by molar-refractivity contribution is 0.673. The van der Waals surface area contributed by atoms with Gasteiger partial charge in [0.2, 0.25) is 0 Å². The summed E-state index contributed by atoms with van der Waals surface area (Å²) in [6.45, 7) is 3.92. The molecule has 3 aromatic rings. The van der Waals surface area contributed by atoms with Crippen molar-refractivity contribution in [3.63, 3.8) is 0 Å². The molecule has 7 nitrogen and oxygen atoms in total. The molecule has 0 radical (unpaired) electrons. The summed E-state index contributed by atoms with van der Waals surface area (Å²) in [6, 6.07) is 10.2. The van der Waals surface area contributed by atoms with Crippen molar-refractivity contribution in [3.05, 3.63) is 53.6 Å². The second kappa shape index (κ2) is 10.2. The van der Waals surface area contributed by atoms with Crippen LogP contribution < -0.4 is 10.6 Å². The third-order valence-electron chi connectivity index (χ3n) is 3.53. The van der Waals surface area contributed by atoms with E-state index >= 15 is 0 Å². The van der Waals surface area contributed by atoms with E-state index in [1.165, 1.54) is 0 Å². The molecule has 2 N–H and O–H groups in total. The number of hydrogen-bond donors (Lipinski definition) is 2. The molecule has 0 saturated carbocycles. The first-order valence-corrected chi connectivity index (χ1v) is 8.99. The highest BCUT2D eigenvalue weighted by Crippen LogP contribution is 2.23. The number of aliphatic imine (C=N–C) groups is 1. The van der Waals surface area contributed by atoms with E-state index in [2.05, 4.69) is 48.2 Å². The van der Waals surface area contributed by atoms with Crippen molar-refractivity contribution in [2.24, 2.45) is 12.0 Å². The van der Waals surface area contributed by atoms with E-state index in [0.29, 0.717) is 13.1 Å². The fourth-order valence-corrected chi connectivity index (χ4v) is 3.05. The number of aryl methyl sites for hydroxylation is 1. The summed E-state index contributed by atoms with van der Waals surface area (Å²) in [4.78, 5) is 13.5. The third kappa shape index (κ3) is 5.49. The largest absolute Gasteiger partial charge is 0.357 e. The SMILES string of the molecule is CCNC(=NCc1csc(-c2ccccc2)n1)NCc1ncnn1C.I. The van der Waals surface area contributed by atoms with Gasteiger partial charge in [0, 0.05) is 24.5 Å². The zero-order valence-electron chi connectivity index (χ0n) is 14.7. The van der Waals surface area contributed by atoms with E-state index in [9.17, 15) is 0 Å². The number of hydrogen-bond acceptors (Lipinski definition) is 5. The summed E-state index contributed by atoms with van der Waals surface area (Å²) >= 11 is 1.64. The number of nitrogens with zero attached hydrogens (tertiary/aromatic N) is 5. The molecule has 0 bridgehead atoms. The molecule has 1 aromatic carbocycles. The van der Waals surface area contributed by atoms with E-state index < -0.39 is 0 Å². The Hall–Kier alpha value is -2.01. The van der Waals surface area contributed by atoms with E-state index in [1.807, 2.05) is 32.2 Å². The van der Waals surface area contributed by atoms with Crippen molar-refractivity contribution in [2.45, 2.75) is 20.0 Å². The average Bonchev–Trinajstić information content (AvgIpc) is 3.27. The lowest BCUT2D eigenvalue weighted by atomic mass is 10.2. The molecule has 0 atom stereocenters. The maximum absolute atomic E-state index is 4.67. The Morgan fingerprint density at radius 3 is 2.73 bits per heavy atom. The molecule has 138 valence electrons. The first kappa shape index (κ1) is 20.3. The molecular formula is C17H22IN7S. The van der Waals surface area contributed by atoms with Crippen molar-refractivity contribution in [3.8, 4) is 10.6 Å². The Kier molecular flexibility index (Phi) is 7.98. The molecule has 0 saturated heterocycles. The third-order valence-corrected chi connectivity index (χ3v) is 4.48. The van der Waals surface area contributed by atoms with Crippen LogP contribution in [-0.4, -0.2) is 32.3 Å². The van der Waals surface area contributed by atoms with Gasteiger partial charge in [-0.1, -0.05) is 30.3 Å². The number of rotatable bonds is 6. The van der Waals surface area contributed by atoms with Gasteiger partial charge in [-0.2, -0.15) is 5.10 Å². The van der Waals surface area contributed by atoms with Gasteiger partial charge in [0.1, 0.15) is 17.2 Å². The minimum Gasteiger partial charge on any atom is -0.357 e. The van der Waals surface area contributed by atoms with Crippen LogP contribution in [0.25, 0.3) is 10.6 Å². The van der Waals surface area contributed by atoms with Gasteiger partial charge < -0.3 is 10.6 Å². The molecule has 26 heavy (non-hydrogen) atoms. The molecular weight excluding hydrogens is 461 g/mol. The fourth-order valence-electron chi connectivity index (χ4n) is 2.24. The van der Waals surface area contributed by atoms with E-state index in [1.54, 1.807) is 22.3 Å². The topological polar surface area (TPSA) is 80.0 Å². The lowest BCUT2D eigenvalue weighted by Gasteiger charge is -2.10. The monoisotopic (exact) mass is 483 g/mol. The lowest BCUT2D eigenvalue weighted by Crippen LogP contribution is -2.37. The van der Waals surface area contributed by atoms with Crippen molar-refractivity contribution in [1.82, 2.24) is 30.4 Å². The Bertz CT molecular complexity index is 829. The maximum Gasteiger partial charge on any atom is 0.192 e. The van der Waals surface area contributed by atoms with Gasteiger partial charge in [-0.25, -0.2) is 15.0 Å². The first-order valence-electron chi connectivity index (χ1n) is 8.11. The summed E-state index contributed by atoms with van der Waals surface area (Å²) in [6.07, 6.45) is 1.54. The van der Waals surface area contributed by atoms with Gasteiger partial charge in [0.05, 0.1) is 18.8 Å². The van der Waals surface area contributed by atoms with Crippen LogP contribution in [0.5, 0.6) is 0 Å². The summed E-state index contributed by atoms with van der Waals surface area (Å²) < 4.78 is 1.74. The minimum atomic E-state index is 0. The summed E-state index contributed by atoms with van der Waals surface area (Å²) in [5.41, 5.74) is 2.09. The molecule has 0 spiro atoms. The predicted octanol–water partition coefficient (Wildman–Crippen LogP) is 2.81. The number of benzene rings is 1. The van der Waals surface area contributed by atoms with Gasteiger partial charge in [-0.3, -0.25) is 4.68 Å². The van der Waals surface area contributed by atoms with Crippen LogP contribution in [0.4, 0.5) is 0 Å². The molecule has 0 aliphatic carbocycles. The highest BCUT2D eigenvalue weighted by Gasteiger charge is 2.06. The Balaban J connectivity index is 0.00000243. The number of guanidine groups is 1. The van der Waals surface area contributed by atoms with Crippen LogP contribution in [0.3, 0.4) is 0 Å². The highest BCUT2D eigenvalue weighted by molar-refractivity contribution is 14.0. The van der Waals surface area contributed by atoms with Crippen molar-refractivity contribution >= 4 is 41.3 Å². The second-order valence-corrected chi connectivity index (χ2v) is 6.22. The smallest absolute Gasteiger partial charge is 0.192 e. The minimum absolute atomic E-state index is 0. The van der Waals surface area contributed by atoms with Crippen molar-refractivity contribution in [1.29, 1.82) is 0 Å². The van der Waals surface area contributed by atoms with Crippen LogP contribution in [0.15, 0.2) is 47.0 Å². The zero-order chi connectivity index (χ0) is 17.5. The van der Waals surface area contributed by atoms with Crippen LogP contribution >= 0.6 is 35.3 Å². The van der Waals surface area contributed by atoms with Crippen LogP contribution in [-0.2, 0) is 20.1 Å². The van der Waals surface area contributed by atoms with Crippen molar-refractivity contribution < 1.29 is 0 Å². The van der Waals surface area contributed by atoms with Gasteiger partial charge >= 0.3 is 0 Å². The Morgan fingerprint density at radius 2 is 2.04 bits per heavy atom. The summed E-state index contributed by atoms with van der Waals surface area (Å²) in [5, 5.41) is 13.6. The number of aromatic nitrogens is 4. The fraction of sp³-hybridized carbons (Fsp3) is 0.294. The van der Waals surface area contributed by atoms with Gasteiger partial charge in [0.25, 0.3) is 0 Å². The second-order valence-electron chi connectivity index (χ2n) is 5.36. The Labute approximate surface area is 174 Å². The number of nitrogens with one attached hydrogen (secondary N) is 2. The number of halogens is 1. The summed E-state index contributed by atoms with van der Waals surface area (Å²) in [7, 11) is 1.87. The summed E-state index contributed by atoms with van der Waals surface area (Å²) in [5.74, 6) is 1.59. The van der Waals surface area contributed by atoms with Crippen LogP contribution in [0.2, 0.25) is 0 Å². The molecule has 0 unspecified atom stereocenters. The predicted molar refractivity (Wildman–Crippen MR) is 116 cm³/mol. The van der Waals surface area contributed by atoms with Gasteiger partial charge in [-0.05, 0) is 6.92 Å². The van der Waals surface area contributed by atoms with Crippen LogP contribution in [0, 0.1) is 0 Å². The van der Waals surface area contributed by atoms with Crippen molar-refractivity contribution in [2.75, 3.05) is 6.54 Å². The maximum atomic E-state index is 4.67. The quantitative estimate of drug-likeness (QED) is 0.320. The molecule has 2 aromatic heterocycles. The number of thiazole rings is 1. The molecule has 9 heteroatoms. The first-order chi connectivity index (χ1) is 12.3. The molecule has 3 rings (SSSR count). The van der Waals surface area contributed by atoms with Gasteiger partial charge in [-0.15, -0.1) is 35.3 Å². The zero-order valence-corrected chi connectivity index (χ0v) is 17.9. The average molecular weight is 483 g/mol. The standard InChI is InChI=1S/C17H21N7S.HI/c1-3-18-17(20-10-15-21-12-22-24(15)2)19-9-14-11-25-16(23-14)13-7-5-4-6-8-13;/h4-8,11-12H,3,9-10H2,1-2H3,(H2,18,19,20);1H. The van der Waals surface area contributed by atoms with Gasteiger partial charge in [0.15, 0.2) is 5.96 Å². The highest BCUT2D eigenvalue weighted by atomic mass is 127. The molecule has 0 fully saturated rings.